The highest BCUT2D eigenvalue weighted by Gasteiger charge is 2.44. The molecule has 0 aliphatic heterocycles. The Morgan fingerprint density at radius 2 is 1.68 bits per heavy atom. The highest BCUT2D eigenvalue weighted by atomic mass is 16.5. The smallest absolute Gasteiger partial charge is 0.228 e. The van der Waals surface area contributed by atoms with E-state index in [9.17, 15) is 4.79 Å². The normalized spacial score (nSPS) is 16.9. The van der Waals surface area contributed by atoms with Gasteiger partial charge in [-0.25, -0.2) is 0 Å². The Morgan fingerprint density at radius 1 is 0.973 bits per heavy atom. The van der Waals surface area contributed by atoms with Gasteiger partial charge in [-0.3, -0.25) is 9.48 Å². The van der Waals surface area contributed by atoms with E-state index < -0.39 is 0 Å². The first-order valence-corrected chi connectivity index (χ1v) is 13.0. The second-order valence-corrected chi connectivity index (χ2v) is 11.1. The van der Waals surface area contributed by atoms with E-state index in [1.54, 1.807) is 0 Å². The van der Waals surface area contributed by atoms with Crippen molar-refractivity contribution in [3.8, 4) is 11.5 Å². The van der Waals surface area contributed by atoms with Crippen LogP contribution in [0.25, 0.3) is 0 Å². The molecule has 1 amide bonds. The second-order valence-electron chi connectivity index (χ2n) is 11.1. The van der Waals surface area contributed by atoms with Gasteiger partial charge in [0.05, 0.1) is 23.6 Å². The van der Waals surface area contributed by atoms with Crippen LogP contribution < -0.4 is 10.1 Å². The summed E-state index contributed by atoms with van der Waals surface area (Å²) >= 11 is 0. The zero-order valence-electron chi connectivity index (χ0n) is 22.3. The van der Waals surface area contributed by atoms with Crippen LogP contribution >= 0.6 is 0 Å². The number of hydrogen-bond acceptors (Lipinski definition) is 3. The maximum atomic E-state index is 13.1. The monoisotopic (exact) mass is 493 g/mol. The van der Waals surface area contributed by atoms with E-state index in [1.807, 2.05) is 67.1 Å². The van der Waals surface area contributed by atoms with Gasteiger partial charge < -0.3 is 10.1 Å². The van der Waals surface area contributed by atoms with Gasteiger partial charge >= 0.3 is 0 Å². The van der Waals surface area contributed by atoms with Crippen LogP contribution in [0.15, 0.2) is 78.9 Å². The van der Waals surface area contributed by atoms with Crippen LogP contribution in [0.3, 0.4) is 0 Å². The molecule has 1 aliphatic carbocycles. The zero-order chi connectivity index (χ0) is 26.2. The van der Waals surface area contributed by atoms with E-state index in [1.165, 1.54) is 11.1 Å². The molecule has 37 heavy (non-hydrogen) atoms. The summed E-state index contributed by atoms with van der Waals surface area (Å²) in [6.45, 7) is 11.2. The molecule has 1 fully saturated rings. The standard InChI is InChI=1S/C32H35N3O2/c1-21-30(33-31(36)29-19-28(29)24-14-16-25(17-15-24)32(3,4)5)22(2)35(34-21)20-23-10-9-13-27(18-23)37-26-11-7-6-8-12-26/h6-18,28-29H,19-20H2,1-5H3,(H,33,36)/t28-,29-/m0/s1. The molecule has 5 rings (SSSR count). The Morgan fingerprint density at radius 3 is 2.38 bits per heavy atom. The van der Waals surface area contributed by atoms with Gasteiger partial charge in [0, 0.05) is 5.92 Å². The predicted molar refractivity (Wildman–Crippen MR) is 148 cm³/mol. The van der Waals surface area contributed by atoms with Crippen molar-refractivity contribution in [3.05, 3.63) is 107 Å². The van der Waals surface area contributed by atoms with Crippen molar-refractivity contribution < 1.29 is 9.53 Å². The molecule has 0 radical (unpaired) electrons. The number of amides is 1. The van der Waals surface area contributed by atoms with Crippen LogP contribution in [0, 0.1) is 19.8 Å². The van der Waals surface area contributed by atoms with E-state index >= 15 is 0 Å². The Labute approximate surface area is 219 Å². The summed E-state index contributed by atoms with van der Waals surface area (Å²) < 4.78 is 7.93. The quantitative estimate of drug-likeness (QED) is 0.292. The van der Waals surface area contributed by atoms with Crippen LogP contribution in [0.4, 0.5) is 5.69 Å². The van der Waals surface area contributed by atoms with Gasteiger partial charge in [0.25, 0.3) is 0 Å². The van der Waals surface area contributed by atoms with Gasteiger partial charge in [0.15, 0.2) is 0 Å². The summed E-state index contributed by atoms with van der Waals surface area (Å²) in [6, 6.07) is 26.5. The van der Waals surface area contributed by atoms with Crippen molar-refractivity contribution in [1.29, 1.82) is 0 Å². The van der Waals surface area contributed by atoms with Crippen molar-refractivity contribution in [3.63, 3.8) is 0 Å². The molecule has 4 aromatic rings. The summed E-state index contributed by atoms with van der Waals surface area (Å²) in [5.41, 5.74) is 6.36. The van der Waals surface area contributed by atoms with E-state index in [0.717, 1.165) is 40.6 Å². The molecule has 3 aromatic carbocycles. The fraction of sp³-hybridized carbons (Fsp3) is 0.312. The van der Waals surface area contributed by atoms with Crippen molar-refractivity contribution in [2.45, 2.75) is 58.9 Å². The van der Waals surface area contributed by atoms with Gasteiger partial charge in [-0.2, -0.15) is 5.10 Å². The van der Waals surface area contributed by atoms with Crippen LogP contribution in [-0.4, -0.2) is 15.7 Å². The Kier molecular flexibility index (Phi) is 6.63. The lowest BCUT2D eigenvalue weighted by atomic mass is 9.86. The summed E-state index contributed by atoms with van der Waals surface area (Å²) in [6.07, 6.45) is 0.890. The number of aryl methyl sites for hydroxylation is 1. The highest BCUT2D eigenvalue weighted by molar-refractivity contribution is 5.96. The van der Waals surface area contributed by atoms with E-state index in [0.29, 0.717) is 6.54 Å². The molecule has 2 atom stereocenters. The molecule has 0 bridgehead atoms. The third kappa shape index (κ3) is 5.61. The molecule has 0 saturated heterocycles. The fourth-order valence-corrected chi connectivity index (χ4v) is 4.84. The largest absolute Gasteiger partial charge is 0.457 e. The third-order valence-electron chi connectivity index (χ3n) is 7.17. The van der Waals surface area contributed by atoms with Gasteiger partial charge in [-0.05, 0) is 72.6 Å². The number of hydrogen-bond donors (Lipinski definition) is 1. The molecule has 0 spiro atoms. The Hall–Kier alpha value is -3.86. The van der Waals surface area contributed by atoms with Gasteiger partial charge in [0.2, 0.25) is 5.91 Å². The first-order valence-electron chi connectivity index (χ1n) is 13.0. The summed E-state index contributed by atoms with van der Waals surface area (Å²) in [4.78, 5) is 13.1. The van der Waals surface area contributed by atoms with Crippen LogP contribution in [0.5, 0.6) is 11.5 Å². The Bertz CT molecular complexity index is 1400. The van der Waals surface area contributed by atoms with E-state index in [-0.39, 0.29) is 23.2 Å². The second kappa shape index (κ2) is 9.89. The lowest BCUT2D eigenvalue weighted by molar-refractivity contribution is -0.117. The number of nitrogens with one attached hydrogen (secondary N) is 1. The minimum Gasteiger partial charge on any atom is -0.457 e. The van der Waals surface area contributed by atoms with Gasteiger partial charge in [0.1, 0.15) is 11.5 Å². The first-order chi connectivity index (χ1) is 17.7. The van der Waals surface area contributed by atoms with Gasteiger partial charge in [-0.1, -0.05) is 75.4 Å². The molecule has 1 aliphatic rings. The van der Waals surface area contributed by atoms with Crippen LogP contribution in [-0.2, 0) is 16.8 Å². The SMILES string of the molecule is Cc1nn(Cc2cccc(Oc3ccccc3)c2)c(C)c1NC(=O)[C@H]1C[C@H]1c1ccc(C(C)(C)C)cc1. The summed E-state index contributed by atoms with van der Waals surface area (Å²) in [5.74, 6) is 1.97. The molecule has 5 nitrogen and oxygen atoms in total. The molecule has 190 valence electrons. The third-order valence-corrected chi connectivity index (χ3v) is 7.17. The average Bonchev–Trinajstić information content (AvgIpc) is 3.63. The number of carbonyl (C=O) groups is 1. The van der Waals surface area contributed by atoms with Crippen LogP contribution in [0.1, 0.15) is 61.2 Å². The van der Waals surface area contributed by atoms with Gasteiger partial charge in [-0.15, -0.1) is 0 Å². The number of benzene rings is 3. The molecular formula is C32H35N3O2. The molecule has 1 saturated carbocycles. The summed E-state index contributed by atoms with van der Waals surface area (Å²) in [7, 11) is 0. The molecule has 1 N–H and O–H groups in total. The van der Waals surface area contributed by atoms with E-state index in [2.05, 4.69) is 56.4 Å². The zero-order valence-corrected chi connectivity index (χ0v) is 22.3. The Balaban J connectivity index is 1.24. The molecule has 5 heteroatoms. The minimum atomic E-state index is 0.00875. The molecule has 0 unspecified atom stereocenters. The predicted octanol–water partition coefficient (Wildman–Crippen LogP) is 7.38. The van der Waals surface area contributed by atoms with Crippen LogP contribution in [0.2, 0.25) is 0 Å². The number of rotatable bonds is 7. The molecule has 1 heterocycles. The first kappa shape index (κ1) is 24.8. The van der Waals surface area contributed by atoms with Crippen molar-refractivity contribution >= 4 is 11.6 Å². The highest BCUT2D eigenvalue weighted by Crippen LogP contribution is 2.48. The topological polar surface area (TPSA) is 56.1 Å². The lowest BCUT2D eigenvalue weighted by Crippen LogP contribution is -2.16. The maximum absolute atomic E-state index is 13.1. The average molecular weight is 494 g/mol. The number of carbonyl (C=O) groups excluding carboxylic acids is 1. The van der Waals surface area contributed by atoms with Crippen molar-refractivity contribution in [2.75, 3.05) is 5.32 Å². The number of anilines is 1. The van der Waals surface area contributed by atoms with Crippen molar-refractivity contribution in [1.82, 2.24) is 9.78 Å². The number of nitrogens with zero attached hydrogens (tertiary/aromatic N) is 2. The minimum absolute atomic E-state index is 0.00875. The maximum Gasteiger partial charge on any atom is 0.228 e. The number of para-hydroxylation sites is 1. The lowest BCUT2D eigenvalue weighted by Gasteiger charge is -2.19. The molecule has 1 aromatic heterocycles. The fourth-order valence-electron chi connectivity index (χ4n) is 4.84. The van der Waals surface area contributed by atoms with E-state index in [4.69, 9.17) is 9.84 Å². The summed E-state index contributed by atoms with van der Waals surface area (Å²) in [5, 5.41) is 7.90. The molecular weight excluding hydrogens is 458 g/mol. The van der Waals surface area contributed by atoms with Crippen molar-refractivity contribution in [2.24, 2.45) is 5.92 Å². The number of aromatic nitrogens is 2. The number of ether oxygens (including phenoxy) is 1.